The van der Waals surface area contributed by atoms with Crippen LogP contribution < -0.4 is 5.32 Å². The Hall–Kier alpha value is -3.00. The number of nitrogens with zero attached hydrogens (tertiary/aromatic N) is 3. The molecule has 4 nitrogen and oxygen atoms in total. The van der Waals surface area contributed by atoms with E-state index >= 15 is 0 Å². The first kappa shape index (κ1) is 14.0. The second-order valence-electron chi connectivity index (χ2n) is 4.98. The Morgan fingerprint density at radius 3 is 2.64 bits per heavy atom. The van der Waals surface area contributed by atoms with Crippen LogP contribution in [0.4, 0.5) is 10.2 Å². The van der Waals surface area contributed by atoms with Crippen LogP contribution >= 0.6 is 0 Å². The first-order valence-corrected chi connectivity index (χ1v) is 6.84. The molecule has 3 aromatic rings. The minimum Gasteiger partial charge on any atom is -0.363 e. The van der Waals surface area contributed by atoms with Crippen molar-refractivity contribution in [2.75, 3.05) is 5.32 Å². The molecule has 2 aromatic carbocycles. The van der Waals surface area contributed by atoms with Crippen LogP contribution in [-0.2, 0) is 0 Å². The number of nitrogens with one attached hydrogen (secondary N) is 1. The maximum atomic E-state index is 13.4. The van der Waals surface area contributed by atoms with Gasteiger partial charge in [0, 0.05) is 11.4 Å². The lowest BCUT2D eigenvalue weighted by atomic mass is 10.1. The number of rotatable bonds is 3. The Balaban J connectivity index is 1.92. The smallest absolute Gasteiger partial charge is 0.137 e. The average Bonchev–Trinajstić information content (AvgIpc) is 2.55. The first-order chi connectivity index (χ1) is 10.7. The monoisotopic (exact) mass is 292 g/mol. The SMILES string of the molecule is C[C@@H](Nc1ncnc2ccc(F)cc12)c1ccc(C#N)cc1. The molecular formula is C17H13FN4. The minimum atomic E-state index is -0.323. The Morgan fingerprint density at radius 2 is 1.91 bits per heavy atom. The highest BCUT2D eigenvalue weighted by Crippen LogP contribution is 2.24. The van der Waals surface area contributed by atoms with Crippen LogP contribution in [0.2, 0.25) is 0 Å². The highest BCUT2D eigenvalue weighted by molar-refractivity contribution is 5.88. The third-order valence-electron chi connectivity index (χ3n) is 3.49. The summed E-state index contributed by atoms with van der Waals surface area (Å²) in [5, 5.41) is 12.7. The quantitative estimate of drug-likeness (QED) is 0.797. The highest BCUT2D eigenvalue weighted by atomic mass is 19.1. The fourth-order valence-corrected chi connectivity index (χ4v) is 2.28. The molecule has 0 saturated heterocycles. The maximum absolute atomic E-state index is 13.4. The second-order valence-corrected chi connectivity index (χ2v) is 4.98. The van der Waals surface area contributed by atoms with Crippen LogP contribution in [0.15, 0.2) is 48.8 Å². The van der Waals surface area contributed by atoms with Crippen molar-refractivity contribution in [1.82, 2.24) is 9.97 Å². The molecule has 0 spiro atoms. The Bertz CT molecular complexity index is 853. The molecule has 0 aliphatic rings. The van der Waals surface area contributed by atoms with Crippen molar-refractivity contribution >= 4 is 16.7 Å². The van der Waals surface area contributed by atoms with E-state index in [0.29, 0.717) is 22.3 Å². The standard InChI is InChI=1S/C17H13FN4/c1-11(13-4-2-12(9-19)3-5-13)22-17-15-8-14(18)6-7-16(15)20-10-21-17/h2-8,10-11H,1H3,(H,20,21,22)/t11-/m1/s1. The fourth-order valence-electron chi connectivity index (χ4n) is 2.28. The number of halogens is 1. The number of hydrogen-bond donors (Lipinski definition) is 1. The molecule has 1 N–H and O–H groups in total. The minimum absolute atomic E-state index is 0.0332. The maximum Gasteiger partial charge on any atom is 0.137 e. The van der Waals surface area contributed by atoms with Crippen LogP contribution in [-0.4, -0.2) is 9.97 Å². The molecule has 0 radical (unpaired) electrons. The van der Waals surface area contributed by atoms with Gasteiger partial charge >= 0.3 is 0 Å². The number of hydrogen-bond acceptors (Lipinski definition) is 4. The van der Waals surface area contributed by atoms with Crippen molar-refractivity contribution < 1.29 is 4.39 Å². The van der Waals surface area contributed by atoms with E-state index in [1.54, 1.807) is 18.2 Å². The topological polar surface area (TPSA) is 61.6 Å². The number of fused-ring (bicyclic) bond motifs is 1. The molecule has 3 rings (SSSR count). The van der Waals surface area contributed by atoms with Gasteiger partial charge in [-0.1, -0.05) is 12.1 Å². The molecule has 0 aliphatic carbocycles. The molecule has 0 unspecified atom stereocenters. The fraction of sp³-hybridized carbons (Fsp3) is 0.118. The predicted molar refractivity (Wildman–Crippen MR) is 82.7 cm³/mol. The predicted octanol–water partition coefficient (Wildman–Crippen LogP) is 3.81. The summed E-state index contributed by atoms with van der Waals surface area (Å²) in [6.45, 7) is 1.98. The molecule has 5 heteroatoms. The van der Waals surface area contributed by atoms with E-state index in [2.05, 4.69) is 21.4 Å². The van der Waals surface area contributed by atoms with Crippen LogP contribution in [0.25, 0.3) is 10.9 Å². The zero-order valence-corrected chi connectivity index (χ0v) is 11.9. The van der Waals surface area contributed by atoms with Gasteiger partial charge in [-0.2, -0.15) is 5.26 Å². The van der Waals surface area contributed by atoms with Gasteiger partial charge in [0.05, 0.1) is 17.1 Å². The summed E-state index contributed by atoms with van der Waals surface area (Å²) >= 11 is 0. The Labute approximate surface area is 127 Å². The van der Waals surface area contributed by atoms with Gasteiger partial charge < -0.3 is 5.32 Å². The summed E-state index contributed by atoms with van der Waals surface area (Å²) in [5.74, 6) is 0.262. The van der Waals surface area contributed by atoms with Crippen molar-refractivity contribution in [3.63, 3.8) is 0 Å². The molecule has 0 aliphatic heterocycles. The molecule has 22 heavy (non-hydrogen) atoms. The Kier molecular flexibility index (Phi) is 3.67. The lowest BCUT2D eigenvalue weighted by molar-refractivity contribution is 0.629. The average molecular weight is 292 g/mol. The van der Waals surface area contributed by atoms with E-state index in [4.69, 9.17) is 5.26 Å². The molecule has 0 fully saturated rings. The molecule has 0 saturated carbocycles. The van der Waals surface area contributed by atoms with Gasteiger partial charge in [-0.05, 0) is 42.8 Å². The van der Waals surface area contributed by atoms with Crippen molar-refractivity contribution in [3.8, 4) is 6.07 Å². The number of anilines is 1. The summed E-state index contributed by atoms with van der Waals surface area (Å²) in [7, 11) is 0. The van der Waals surface area contributed by atoms with Gasteiger partial charge in [-0.25, -0.2) is 14.4 Å². The van der Waals surface area contributed by atoms with Gasteiger partial charge in [0.2, 0.25) is 0 Å². The molecule has 0 bridgehead atoms. The van der Waals surface area contributed by atoms with Crippen molar-refractivity contribution in [2.45, 2.75) is 13.0 Å². The first-order valence-electron chi connectivity index (χ1n) is 6.84. The van der Waals surface area contributed by atoms with E-state index in [-0.39, 0.29) is 11.9 Å². The lowest BCUT2D eigenvalue weighted by Crippen LogP contribution is -2.08. The van der Waals surface area contributed by atoms with Crippen molar-refractivity contribution in [1.29, 1.82) is 5.26 Å². The van der Waals surface area contributed by atoms with E-state index in [0.717, 1.165) is 5.56 Å². The molecule has 1 atom stereocenters. The van der Waals surface area contributed by atoms with E-state index in [1.165, 1.54) is 18.5 Å². The normalized spacial score (nSPS) is 11.9. The Morgan fingerprint density at radius 1 is 1.14 bits per heavy atom. The van der Waals surface area contributed by atoms with Gasteiger partial charge in [-0.3, -0.25) is 0 Å². The third-order valence-corrected chi connectivity index (χ3v) is 3.49. The van der Waals surface area contributed by atoms with Gasteiger partial charge in [0.15, 0.2) is 0 Å². The molecular weight excluding hydrogens is 279 g/mol. The van der Waals surface area contributed by atoms with Crippen LogP contribution in [0.3, 0.4) is 0 Å². The molecule has 0 amide bonds. The molecule has 1 heterocycles. The summed E-state index contributed by atoms with van der Waals surface area (Å²) < 4.78 is 13.4. The molecule has 1 aromatic heterocycles. The summed E-state index contributed by atoms with van der Waals surface area (Å²) in [6, 6.07) is 13.8. The largest absolute Gasteiger partial charge is 0.363 e. The zero-order chi connectivity index (χ0) is 15.5. The number of nitriles is 1. The molecule has 108 valence electrons. The zero-order valence-electron chi connectivity index (χ0n) is 11.9. The van der Waals surface area contributed by atoms with Crippen LogP contribution in [0.5, 0.6) is 0 Å². The van der Waals surface area contributed by atoms with E-state index < -0.39 is 0 Å². The van der Waals surface area contributed by atoms with Gasteiger partial charge in [0.25, 0.3) is 0 Å². The summed E-state index contributed by atoms with van der Waals surface area (Å²) in [5.41, 5.74) is 2.32. The third kappa shape index (κ3) is 2.72. The van der Waals surface area contributed by atoms with Crippen molar-refractivity contribution in [3.05, 3.63) is 65.7 Å². The number of benzene rings is 2. The van der Waals surface area contributed by atoms with Gasteiger partial charge in [0.1, 0.15) is 18.0 Å². The van der Waals surface area contributed by atoms with Gasteiger partial charge in [-0.15, -0.1) is 0 Å². The van der Waals surface area contributed by atoms with E-state index in [9.17, 15) is 4.39 Å². The lowest BCUT2D eigenvalue weighted by Gasteiger charge is -2.16. The van der Waals surface area contributed by atoms with Crippen LogP contribution in [0.1, 0.15) is 24.1 Å². The van der Waals surface area contributed by atoms with E-state index in [1.807, 2.05) is 19.1 Å². The summed E-state index contributed by atoms with van der Waals surface area (Å²) in [4.78, 5) is 8.34. The highest BCUT2D eigenvalue weighted by Gasteiger charge is 2.10. The number of aromatic nitrogens is 2. The van der Waals surface area contributed by atoms with Crippen molar-refractivity contribution in [2.24, 2.45) is 0 Å². The summed E-state index contributed by atoms with van der Waals surface area (Å²) in [6.07, 6.45) is 1.45. The van der Waals surface area contributed by atoms with Crippen LogP contribution in [0, 0.1) is 17.1 Å². The second kappa shape index (κ2) is 5.78.